The van der Waals surface area contributed by atoms with Gasteiger partial charge in [-0.25, -0.2) is 0 Å². The van der Waals surface area contributed by atoms with E-state index in [4.69, 9.17) is 4.43 Å². The Morgan fingerprint density at radius 3 is 1.88 bits per heavy atom. The molecule has 26 heavy (non-hydrogen) atoms. The van der Waals surface area contributed by atoms with Crippen molar-refractivity contribution in [1.82, 2.24) is 0 Å². The van der Waals surface area contributed by atoms with E-state index in [1.165, 1.54) is 10.4 Å². The van der Waals surface area contributed by atoms with Crippen LogP contribution in [0, 0.1) is 0 Å². The summed E-state index contributed by atoms with van der Waals surface area (Å²) in [5.74, 6) is 0.230. The van der Waals surface area contributed by atoms with Gasteiger partial charge in [-0.1, -0.05) is 81.4 Å². The Labute approximate surface area is 170 Å². The van der Waals surface area contributed by atoms with Crippen LogP contribution in [-0.2, 0) is 9.22 Å². The zero-order chi connectivity index (χ0) is 18.8. The molecule has 0 fully saturated rings. The van der Waals surface area contributed by atoms with Crippen LogP contribution in [-0.4, -0.2) is 20.2 Å². The van der Waals surface area contributed by atoms with Crippen LogP contribution >= 0.6 is 22.6 Å². The van der Waals surface area contributed by atoms with E-state index < -0.39 is 8.32 Å². The van der Waals surface area contributed by atoms with Gasteiger partial charge in [-0.05, 0) is 50.5 Å². The maximum Gasteiger partial charge on any atom is 0.261 e. The molecule has 1 aliphatic rings. The summed E-state index contributed by atoms with van der Waals surface area (Å²) in [6.07, 6.45) is 3.32. The summed E-state index contributed by atoms with van der Waals surface area (Å²) < 4.78 is 7.84. The molecule has 0 aliphatic heterocycles. The van der Waals surface area contributed by atoms with Crippen molar-refractivity contribution in [2.75, 3.05) is 0 Å². The zero-order valence-electron chi connectivity index (χ0n) is 15.5. The van der Waals surface area contributed by atoms with Crippen LogP contribution in [0.25, 0.3) is 0 Å². The minimum absolute atomic E-state index is 0.0223. The second-order valence-corrected chi connectivity index (χ2v) is 13.2. The van der Waals surface area contributed by atoms with Crippen LogP contribution in [0.3, 0.4) is 0 Å². The average molecular weight is 476 g/mol. The molecule has 136 valence electrons. The lowest BCUT2D eigenvalue weighted by Crippen LogP contribution is -2.67. The third-order valence-electron chi connectivity index (χ3n) is 5.00. The van der Waals surface area contributed by atoms with Gasteiger partial charge < -0.3 is 4.43 Å². The number of halogens is 1. The number of carbonyl (C=O) groups excluding carboxylic acids is 1. The molecule has 1 atom stereocenters. The van der Waals surface area contributed by atoms with Crippen molar-refractivity contribution in [2.45, 2.75) is 44.8 Å². The number of carbonyl (C=O) groups is 1. The highest BCUT2D eigenvalue weighted by atomic mass is 127. The summed E-state index contributed by atoms with van der Waals surface area (Å²) in [6.45, 7) is 6.84. The number of hydrogen-bond acceptors (Lipinski definition) is 2. The summed E-state index contributed by atoms with van der Waals surface area (Å²) in [4.78, 5) is 11.9. The summed E-state index contributed by atoms with van der Waals surface area (Å²) in [5.41, 5.74) is 0. The maximum atomic E-state index is 11.9. The molecular formula is C22H25IO2Si. The molecule has 3 rings (SSSR count). The molecule has 0 amide bonds. The van der Waals surface area contributed by atoms with Gasteiger partial charge in [0.2, 0.25) is 0 Å². The second kappa shape index (κ2) is 7.78. The highest BCUT2D eigenvalue weighted by Crippen LogP contribution is 2.39. The third-order valence-corrected chi connectivity index (χ3v) is 11.0. The Kier molecular flexibility index (Phi) is 5.84. The Morgan fingerprint density at radius 2 is 1.46 bits per heavy atom. The van der Waals surface area contributed by atoms with E-state index in [1.807, 2.05) is 6.08 Å². The highest BCUT2D eigenvalue weighted by Gasteiger charge is 2.51. The molecular weight excluding hydrogens is 451 g/mol. The van der Waals surface area contributed by atoms with Crippen molar-refractivity contribution in [3.8, 4) is 0 Å². The lowest BCUT2D eigenvalue weighted by atomic mass is 10.0. The Morgan fingerprint density at radius 1 is 0.962 bits per heavy atom. The number of hydrogen-bond donors (Lipinski definition) is 0. The first-order valence-corrected chi connectivity index (χ1v) is 12.0. The molecule has 2 aromatic rings. The van der Waals surface area contributed by atoms with Crippen LogP contribution < -0.4 is 10.4 Å². The summed E-state index contributed by atoms with van der Waals surface area (Å²) >= 11 is 2.15. The molecule has 2 nitrogen and oxygen atoms in total. The smallest absolute Gasteiger partial charge is 0.261 e. The molecule has 0 spiro atoms. The zero-order valence-corrected chi connectivity index (χ0v) is 18.7. The normalized spacial score (nSPS) is 18.5. The van der Waals surface area contributed by atoms with Crippen molar-refractivity contribution in [1.29, 1.82) is 0 Å². The number of rotatable bonds is 4. The molecule has 0 radical (unpaired) electrons. The summed E-state index contributed by atoms with van der Waals surface area (Å²) in [6, 6.07) is 21.3. The van der Waals surface area contributed by atoms with Gasteiger partial charge in [-0.15, -0.1) is 0 Å². The van der Waals surface area contributed by atoms with Crippen LogP contribution in [0.15, 0.2) is 70.3 Å². The first-order valence-electron chi connectivity index (χ1n) is 9.04. The van der Waals surface area contributed by atoms with Crippen molar-refractivity contribution < 1.29 is 9.22 Å². The third kappa shape index (κ3) is 3.73. The van der Waals surface area contributed by atoms with Crippen LogP contribution in [0.5, 0.6) is 0 Å². The van der Waals surface area contributed by atoms with Crippen molar-refractivity contribution in [2.24, 2.45) is 0 Å². The molecule has 1 unspecified atom stereocenters. The number of ketones is 1. The molecule has 4 heteroatoms. The lowest BCUT2D eigenvalue weighted by Gasteiger charge is -2.45. The fourth-order valence-electron chi connectivity index (χ4n) is 3.74. The van der Waals surface area contributed by atoms with E-state index in [2.05, 4.69) is 104 Å². The fraction of sp³-hybridized carbons (Fsp3) is 0.318. The van der Waals surface area contributed by atoms with Crippen molar-refractivity contribution in [3.05, 3.63) is 70.3 Å². The van der Waals surface area contributed by atoms with E-state index in [0.29, 0.717) is 6.42 Å². The van der Waals surface area contributed by atoms with E-state index in [0.717, 1.165) is 10.0 Å². The van der Waals surface area contributed by atoms with E-state index in [-0.39, 0.29) is 16.9 Å². The number of allylic oxidation sites excluding steroid dienone is 1. The van der Waals surface area contributed by atoms with Gasteiger partial charge in [0.05, 0.1) is 9.68 Å². The minimum Gasteiger partial charge on any atom is -0.401 e. The van der Waals surface area contributed by atoms with Crippen LogP contribution in [0.1, 0.15) is 33.6 Å². The summed E-state index contributed by atoms with van der Waals surface area (Å²) in [5, 5.41) is 2.51. The van der Waals surface area contributed by atoms with Crippen LogP contribution in [0.4, 0.5) is 0 Å². The highest BCUT2D eigenvalue weighted by molar-refractivity contribution is 14.1. The Balaban J connectivity index is 2.17. The van der Waals surface area contributed by atoms with Gasteiger partial charge in [-0.3, -0.25) is 4.79 Å². The molecule has 0 aromatic heterocycles. The number of Topliss-reactive ketones (excluding diaryl/α,β-unsaturated/α-hetero) is 1. The van der Waals surface area contributed by atoms with E-state index in [1.54, 1.807) is 0 Å². The summed E-state index contributed by atoms with van der Waals surface area (Å²) in [7, 11) is -2.55. The van der Waals surface area contributed by atoms with Crippen molar-refractivity contribution >= 4 is 47.1 Å². The maximum absolute atomic E-state index is 11.9. The predicted molar refractivity (Wildman–Crippen MR) is 119 cm³/mol. The first-order chi connectivity index (χ1) is 12.3. The minimum atomic E-state index is -2.55. The van der Waals surface area contributed by atoms with Gasteiger partial charge >= 0.3 is 0 Å². The van der Waals surface area contributed by atoms with E-state index >= 15 is 0 Å². The van der Waals surface area contributed by atoms with Gasteiger partial charge in [0.25, 0.3) is 8.32 Å². The van der Waals surface area contributed by atoms with Crippen molar-refractivity contribution in [3.63, 3.8) is 0 Å². The molecule has 1 aliphatic carbocycles. The molecule has 0 bridgehead atoms. The molecule has 0 saturated carbocycles. The predicted octanol–water partition coefficient (Wildman–Crippen LogP) is 4.61. The van der Waals surface area contributed by atoms with Gasteiger partial charge in [0.1, 0.15) is 0 Å². The quantitative estimate of drug-likeness (QED) is 0.476. The largest absolute Gasteiger partial charge is 0.401 e. The number of benzene rings is 2. The van der Waals surface area contributed by atoms with E-state index in [9.17, 15) is 4.79 Å². The molecule has 0 saturated heterocycles. The van der Waals surface area contributed by atoms with Gasteiger partial charge in [-0.2, -0.15) is 0 Å². The van der Waals surface area contributed by atoms with Gasteiger partial charge in [0.15, 0.2) is 5.78 Å². The topological polar surface area (TPSA) is 26.3 Å². The average Bonchev–Trinajstić information content (AvgIpc) is 2.63. The fourth-order valence-corrected chi connectivity index (χ4v) is 9.07. The monoisotopic (exact) mass is 476 g/mol. The lowest BCUT2D eigenvalue weighted by molar-refractivity contribution is -0.115. The first kappa shape index (κ1) is 19.5. The molecule has 0 heterocycles. The SMILES string of the molecule is CC(C)(C)[Si](OC1C=C(I)C(=O)CC1)(c1ccccc1)c1ccccc1. The van der Waals surface area contributed by atoms with Crippen LogP contribution in [0.2, 0.25) is 5.04 Å². The Hall–Kier alpha value is -1.24. The standard InChI is InChI=1S/C22H25IO2Si/c1-22(2,3)26(18-10-6-4-7-11-18,19-12-8-5-9-13-19)25-17-14-15-21(24)20(23)16-17/h4-13,16-17H,14-15H2,1-3H3. The second-order valence-electron chi connectivity index (χ2n) is 7.80. The molecule has 2 aromatic carbocycles. The molecule has 0 N–H and O–H groups in total. The Bertz CT molecular complexity index is 754. The van der Waals surface area contributed by atoms with Gasteiger partial charge in [0, 0.05) is 6.42 Å².